The van der Waals surface area contributed by atoms with Crippen LogP contribution in [0.3, 0.4) is 0 Å². The minimum absolute atomic E-state index is 0.206. The topological polar surface area (TPSA) is 101 Å². The van der Waals surface area contributed by atoms with Crippen molar-refractivity contribution in [2.24, 2.45) is 0 Å². The highest BCUT2D eigenvalue weighted by Crippen LogP contribution is 2.19. The first-order chi connectivity index (χ1) is 15.4. The molecule has 0 bridgehead atoms. The number of benzene rings is 1. The minimum atomic E-state index is -0.562. The van der Waals surface area contributed by atoms with Gasteiger partial charge in [-0.15, -0.1) is 0 Å². The van der Waals surface area contributed by atoms with Crippen molar-refractivity contribution in [3.05, 3.63) is 68.2 Å². The van der Waals surface area contributed by atoms with Crippen LogP contribution in [0.1, 0.15) is 22.8 Å². The van der Waals surface area contributed by atoms with E-state index in [2.05, 4.69) is 14.9 Å². The van der Waals surface area contributed by atoms with E-state index in [0.717, 1.165) is 5.56 Å². The molecule has 10 heteroatoms. The third kappa shape index (κ3) is 4.13. The van der Waals surface area contributed by atoms with Gasteiger partial charge in [-0.05, 0) is 30.7 Å². The number of aromatic nitrogens is 3. The van der Waals surface area contributed by atoms with E-state index in [0.29, 0.717) is 44.8 Å². The van der Waals surface area contributed by atoms with Gasteiger partial charge in [0, 0.05) is 45.5 Å². The number of pyridine rings is 1. The Labute approximate surface area is 183 Å². The molecule has 1 N–H and O–H groups in total. The van der Waals surface area contributed by atoms with Crippen molar-refractivity contribution < 1.29 is 13.9 Å². The van der Waals surface area contributed by atoms with Gasteiger partial charge in [-0.25, -0.2) is 14.2 Å². The second kappa shape index (κ2) is 8.91. The fourth-order valence-corrected chi connectivity index (χ4v) is 3.94. The molecule has 3 heterocycles. The lowest BCUT2D eigenvalue weighted by Gasteiger charge is -2.34. The first kappa shape index (κ1) is 21.7. The SMILES string of the molecule is CCn1c(=O)[nH]c(=O)c2cc(C(=O)N3CCN(Cc4ccc(OC)c(F)c4)CC3)cnc21. The van der Waals surface area contributed by atoms with E-state index in [9.17, 15) is 18.8 Å². The maximum atomic E-state index is 13.9. The Morgan fingerprint density at radius 3 is 2.59 bits per heavy atom. The number of nitrogens with one attached hydrogen (secondary N) is 1. The maximum Gasteiger partial charge on any atom is 0.329 e. The molecule has 2 aromatic heterocycles. The summed E-state index contributed by atoms with van der Waals surface area (Å²) in [5.74, 6) is -0.405. The monoisotopic (exact) mass is 441 g/mol. The van der Waals surface area contributed by atoms with Crippen LogP contribution >= 0.6 is 0 Å². The van der Waals surface area contributed by atoms with Crippen molar-refractivity contribution in [2.75, 3.05) is 33.3 Å². The average Bonchev–Trinajstić information content (AvgIpc) is 2.79. The molecule has 1 aliphatic heterocycles. The molecule has 9 nitrogen and oxygen atoms in total. The summed E-state index contributed by atoms with van der Waals surface area (Å²) in [6, 6.07) is 6.39. The molecule has 1 amide bonds. The molecule has 32 heavy (non-hydrogen) atoms. The van der Waals surface area contributed by atoms with Crippen LogP contribution in [-0.4, -0.2) is 63.5 Å². The lowest BCUT2D eigenvalue weighted by molar-refractivity contribution is 0.0628. The van der Waals surface area contributed by atoms with E-state index in [1.807, 2.05) is 6.07 Å². The third-order valence-electron chi connectivity index (χ3n) is 5.68. The molecule has 0 aliphatic carbocycles. The van der Waals surface area contributed by atoms with Gasteiger partial charge in [-0.1, -0.05) is 6.07 Å². The maximum absolute atomic E-state index is 13.9. The van der Waals surface area contributed by atoms with E-state index in [-0.39, 0.29) is 22.7 Å². The molecule has 0 radical (unpaired) electrons. The number of amides is 1. The Balaban J connectivity index is 1.45. The lowest BCUT2D eigenvalue weighted by Crippen LogP contribution is -2.48. The smallest absolute Gasteiger partial charge is 0.329 e. The van der Waals surface area contributed by atoms with Gasteiger partial charge in [0.2, 0.25) is 0 Å². The van der Waals surface area contributed by atoms with Crippen molar-refractivity contribution in [1.82, 2.24) is 24.3 Å². The van der Waals surface area contributed by atoms with Gasteiger partial charge < -0.3 is 9.64 Å². The van der Waals surface area contributed by atoms with Gasteiger partial charge in [0.1, 0.15) is 5.65 Å². The van der Waals surface area contributed by atoms with Crippen LogP contribution in [-0.2, 0) is 13.1 Å². The van der Waals surface area contributed by atoms with Crippen LogP contribution < -0.4 is 16.0 Å². The first-order valence-electron chi connectivity index (χ1n) is 10.4. The van der Waals surface area contributed by atoms with Gasteiger partial charge in [0.15, 0.2) is 11.6 Å². The molecule has 0 atom stereocenters. The Morgan fingerprint density at radius 1 is 1.19 bits per heavy atom. The summed E-state index contributed by atoms with van der Waals surface area (Å²) in [6.07, 6.45) is 1.40. The number of methoxy groups -OCH3 is 1. The molecule has 0 unspecified atom stereocenters. The molecular weight excluding hydrogens is 417 g/mol. The summed E-state index contributed by atoms with van der Waals surface area (Å²) in [5, 5.41) is 0.206. The number of rotatable bonds is 5. The summed E-state index contributed by atoms with van der Waals surface area (Å²) in [6.45, 7) is 4.98. The molecule has 1 fully saturated rings. The number of H-pyrrole nitrogens is 1. The third-order valence-corrected chi connectivity index (χ3v) is 5.68. The second-order valence-electron chi connectivity index (χ2n) is 7.64. The van der Waals surface area contributed by atoms with Gasteiger partial charge in [0.25, 0.3) is 11.5 Å². The molecule has 0 saturated carbocycles. The standard InChI is InChI=1S/C22H24FN5O4/c1-3-28-19-16(20(29)25-22(28)31)11-15(12-24-19)21(30)27-8-6-26(7-9-27)13-14-4-5-18(32-2)17(23)10-14/h4-5,10-12H,3,6-9,13H2,1-2H3,(H,25,29,31). The zero-order valence-corrected chi connectivity index (χ0v) is 17.9. The number of ether oxygens (including phenoxy) is 1. The van der Waals surface area contributed by atoms with E-state index in [4.69, 9.17) is 4.74 Å². The number of piperazine rings is 1. The first-order valence-corrected chi connectivity index (χ1v) is 10.4. The fourth-order valence-electron chi connectivity index (χ4n) is 3.94. The highest BCUT2D eigenvalue weighted by atomic mass is 19.1. The van der Waals surface area contributed by atoms with E-state index < -0.39 is 17.1 Å². The lowest BCUT2D eigenvalue weighted by atomic mass is 10.1. The number of aryl methyl sites for hydroxylation is 1. The van der Waals surface area contributed by atoms with E-state index in [1.165, 1.54) is 30.0 Å². The Hall–Kier alpha value is -3.53. The van der Waals surface area contributed by atoms with Crippen molar-refractivity contribution >= 4 is 16.9 Å². The van der Waals surface area contributed by atoms with Gasteiger partial charge in [0.05, 0.1) is 18.1 Å². The van der Waals surface area contributed by atoms with Crippen LogP contribution in [0.5, 0.6) is 5.75 Å². The predicted octanol–water partition coefficient (Wildman–Crippen LogP) is 1.21. The summed E-state index contributed by atoms with van der Waals surface area (Å²) in [5.41, 5.74) is 0.310. The summed E-state index contributed by atoms with van der Waals surface area (Å²) in [4.78, 5) is 47.5. The number of aromatic amines is 1. The van der Waals surface area contributed by atoms with Gasteiger partial charge in [-0.2, -0.15) is 0 Å². The van der Waals surface area contributed by atoms with Crippen LogP contribution in [0.25, 0.3) is 11.0 Å². The fraction of sp³-hybridized carbons (Fsp3) is 0.364. The second-order valence-corrected chi connectivity index (χ2v) is 7.64. The number of halogens is 1. The summed E-state index contributed by atoms with van der Waals surface area (Å²) in [7, 11) is 1.43. The van der Waals surface area contributed by atoms with E-state index in [1.54, 1.807) is 17.9 Å². The van der Waals surface area contributed by atoms with Gasteiger partial charge >= 0.3 is 5.69 Å². The molecule has 3 aromatic rings. The summed E-state index contributed by atoms with van der Waals surface area (Å²) < 4.78 is 20.2. The highest BCUT2D eigenvalue weighted by molar-refractivity contribution is 5.96. The van der Waals surface area contributed by atoms with Crippen LogP contribution in [0, 0.1) is 5.82 Å². The number of nitrogens with zero attached hydrogens (tertiary/aromatic N) is 4. The number of hydrogen-bond acceptors (Lipinski definition) is 6. The quantitative estimate of drug-likeness (QED) is 0.639. The Bertz CT molecular complexity index is 1280. The molecule has 1 aliphatic rings. The molecule has 4 rings (SSSR count). The Morgan fingerprint density at radius 2 is 1.94 bits per heavy atom. The van der Waals surface area contributed by atoms with Crippen LogP contribution in [0.15, 0.2) is 40.1 Å². The van der Waals surface area contributed by atoms with Crippen LogP contribution in [0.4, 0.5) is 4.39 Å². The molecular formula is C22H24FN5O4. The number of fused-ring (bicyclic) bond motifs is 1. The number of hydrogen-bond donors (Lipinski definition) is 1. The summed E-state index contributed by atoms with van der Waals surface area (Å²) >= 11 is 0. The largest absolute Gasteiger partial charge is 0.494 e. The van der Waals surface area contributed by atoms with Crippen molar-refractivity contribution in [3.8, 4) is 5.75 Å². The van der Waals surface area contributed by atoms with Crippen molar-refractivity contribution in [2.45, 2.75) is 20.0 Å². The van der Waals surface area contributed by atoms with E-state index >= 15 is 0 Å². The molecule has 0 spiro atoms. The van der Waals surface area contributed by atoms with Crippen molar-refractivity contribution in [1.29, 1.82) is 0 Å². The predicted molar refractivity (Wildman–Crippen MR) is 116 cm³/mol. The number of carbonyl (C=O) groups is 1. The zero-order chi connectivity index (χ0) is 22.8. The number of carbonyl (C=O) groups excluding carboxylic acids is 1. The Kier molecular flexibility index (Phi) is 6.04. The highest BCUT2D eigenvalue weighted by Gasteiger charge is 2.23. The minimum Gasteiger partial charge on any atom is -0.494 e. The molecule has 168 valence electrons. The average molecular weight is 441 g/mol. The van der Waals surface area contributed by atoms with Crippen molar-refractivity contribution in [3.63, 3.8) is 0 Å². The molecule has 1 aromatic carbocycles. The zero-order valence-electron chi connectivity index (χ0n) is 17.9. The normalized spacial score (nSPS) is 14.7. The van der Waals surface area contributed by atoms with Crippen LogP contribution in [0.2, 0.25) is 0 Å². The molecule has 1 saturated heterocycles. The van der Waals surface area contributed by atoms with Gasteiger partial charge in [-0.3, -0.25) is 24.0 Å².